The summed E-state index contributed by atoms with van der Waals surface area (Å²) < 4.78 is 16.1. The van der Waals surface area contributed by atoms with Crippen LogP contribution in [0.3, 0.4) is 0 Å². The summed E-state index contributed by atoms with van der Waals surface area (Å²) in [5.41, 5.74) is 1.26. The lowest BCUT2D eigenvalue weighted by molar-refractivity contribution is -0.116. The molecule has 3 amide bonds. The minimum atomic E-state index is -0.288. The summed E-state index contributed by atoms with van der Waals surface area (Å²) in [5.74, 6) is 1.47. The molecule has 1 N–H and O–H groups in total. The lowest BCUT2D eigenvalue weighted by Crippen LogP contribution is -2.37. The van der Waals surface area contributed by atoms with Crippen molar-refractivity contribution in [2.24, 2.45) is 0 Å². The Balaban J connectivity index is 1.38. The molecule has 1 fully saturated rings. The smallest absolute Gasteiger partial charge is 0.325 e. The molecule has 2 aliphatic heterocycles. The molecule has 1 aromatic heterocycles. The fourth-order valence-electron chi connectivity index (χ4n) is 3.12. The Hall–Kier alpha value is -3.49. The van der Waals surface area contributed by atoms with Gasteiger partial charge in [0, 0.05) is 30.9 Å². The Morgan fingerprint density at radius 3 is 2.75 bits per heavy atom. The highest BCUT2D eigenvalue weighted by molar-refractivity contribution is 5.99. The number of carbonyl (C=O) groups excluding carboxylic acids is 2. The predicted octanol–water partition coefficient (Wildman–Crippen LogP) is 1.74. The van der Waals surface area contributed by atoms with Crippen LogP contribution < -0.4 is 24.4 Å². The number of rotatable bonds is 5. The number of hydrogen-bond donors (Lipinski definition) is 1. The number of fused-ring (bicyclic) bond motifs is 1. The molecule has 0 aliphatic carbocycles. The van der Waals surface area contributed by atoms with Crippen LogP contribution in [0.25, 0.3) is 0 Å². The van der Waals surface area contributed by atoms with E-state index in [1.807, 2.05) is 6.07 Å². The zero-order chi connectivity index (χ0) is 19.5. The quantitative estimate of drug-likeness (QED) is 0.844. The third kappa shape index (κ3) is 3.64. The van der Waals surface area contributed by atoms with Crippen molar-refractivity contribution < 1.29 is 23.8 Å². The maximum Gasteiger partial charge on any atom is 0.325 e. The van der Waals surface area contributed by atoms with Crippen molar-refractivity contribution in [2.75, 3.05) is 50.2 Å². The van der Waals surface area contributed by atoms with Crippen molar-refractivity contribution >= 4 is 23.3 Å². The number of aromatic nitrogens is 1. The first-order valence-corrected chi connectivity index (χ1v) is 8.90. The maximum atomic E-state index is 12.7. The molecule has 28 heavy (non-hydrogen) atoms. The second kappa shape index (κ2) is 7.63. The number of urea groups is 1. The number of pyridine rings is 1. The monoisotopic (exact) mass is 384 g/mol. The first-order chi connectivity index (χ1) is 13.6. The van der Waals surface area contributed by atoms with Gasteiger partial charge in [0.05, 0.1) is 19.0 Å². The standard InChI is InChI=1S/C19H20N4O5/c1-26-18-5-2-13(11-20-18)21-17(24)12-22-6-7-23(19(22)25)14-3-4-15-16(10-14)28-9-8-27-15/h2-5,10-11H,6-9,12H2,1H3,(H,21,24). The minimum Gasteiger partial charge on any atom is -0.486 e. The Kier molecular flexibility index (Phi) is 4.88. The largest absolute Gasteiger partial charge is 0.486 e. The molecule has 0 spiro atoms. The van der Waals surface area contributed by atoms with Crippen LogP contribution in [0.1, 0.15) is 0 Å². The van der Waals surface area contributed by atoms with Crippen LogP contribution in [0.5, 0.6) is 17.4 Å². The number of amides is 3. The number of methoxy groups -OCH3 is 1. The normalized spacial score (nSPS) is 15.5. The van der Waals surface area contributed by atoms with Gasteiger partial charge in [-0.25, -0.2) is 9.78 Å². The van der Waals surface area contributed by atoms with E-state index in [1.54, 1.807) is 29.2 Å². The number of anilines is 2. The van der Waals surface area contributed by atoms with Crippen molar-refractivity contribution in [1.29, 1.82) is 0 Å². The van der Waals surface area contributed by atoms with Gasteiger partial charge >= 0.3 is 6.03 Å². The van der Waals surface area contributed by atoms with Gasteiger partial charge in [0.2, 0.25) is 11.8 Å². The molecule has 1 aromatic carbocycles. The molecule has 2 aliphatic rings. The third-order valence-electron chi connectivity index (χ3n) is 4.50. The number of hydrogen-bond acceptors (Lipinski definition) is 6. The highest BCUT2D eigenvalue weighted by Gasteiger charge is 2.31. The number of carbonyl (C=O) groups is 2. The summed E-state index contributed by atoms with van der Waals surface area (Å²) >= 11 is 0. The highest BCUT2D eigenvalue weighted by Crippen LogP contribution is 2.35. The number of nitrogens with zero attached hydrogens (tertiary/aromatic N) is 3. The molecule has 1 saturated heterocycles. The average molecular weight is 384 g/mol. The molecule has 0 unspecified atom stereocenters. The van der Waals surface area contributed by atoms with E-state index in [0.717, 1.165) is 5.69 Å². The average Bonchev–Trinajstić information content (AvgIpc) is 3.08. The van der Waals surface area contributed by atoms with Gasteiger partial charge in [-0.05, 0) is 18.2 Å². The summed E-state index contributed by atoms with van der Waals surface area (Å²) in [4.78, 5) is 32.2. The van der Waals surface area contributed by atoms with E-state index in [9.17, 15) is 9.59 Å². The Morgan fingerprint density at radius 1 is 1.18 bits per heavy atom. The summed E-state index contributed by atoms with van der Waals surface area (Å²) in [6.07, 6.45) is 1.50. The summed E-state index contributed by atoms with van der Waals surface area (Å²) in [6.45, 7) is 1.92. The van der Waals surface area contributed by atoms with Crippen LogP contribution in [0.2, 0.25) is 0 Å². The first kappa shape index (κ1) is 17.9. The van der Waals surface area contributed by atoms with Gasteiger partial charge in [0.25, 0.3) is 0 Å². The van der Waals surface area contributed by atoms with Gasteiger partial charge < -0.3 is 24.4 Å². The summed E-state index contributed by atoms with van der Waals surface area (Å²) in [7, 11) is 1.52. The topological polar surface area (TPSA) is 93.2 Å². The van der Waals surface area contributed by atoms with Crippen molar-refractivity contribution in [3.8, 4) is 17.4 Å². The van der Waals surface area contributed by atoms with E-state index in [-0.39, 0.29) is 18.5 Å². The molecule has 9 heteroatoms. The molecule has 2 aromatic rings. The van der Waals surface area contributed by atoms with Gasteiger partial charge in [0.15, 0.2) is 11.5 Å². The summed E-state index contributed by atoms with van der Waals surface area (Å²) in [6, 6.07) is 8.52. The van der Waals surface area contributed by atoms with Crippen molar-refractivity contribution in [3.05, 3.63) is 36.5 Å². The van der Waals surface area contributed by atoms with Crippen LogP contribution in [0.15, 0.2) is 36.5 Å². The minimum absolute atomic E-state index is 0.0358. The number of ether oxygens (including phenoxy) is 3. The van der Waals surface area contributed by atoms with Crippen LogP contribution in [-0.2, 0) is 4.79 Å². The molecule has 0 radical (unpaired) electrons. The zero-order valence-corrected chi connectivity index (χ0v) is 15.4. The Labute approximate surface area is 161 Å². The second-order valence-corrected chi connectivity index (χ2v) is 6.32. The predicted molar refractivity (Wildman–Crippen MR) is 101 cm³/mol. The van der Waals surface area contributed by atoms with Gasteiger partial charge in [-0.2, -0.15) is 0 Å². The van der Waals surface area contributed by atoms with Gasteiger partial charge in [-0.15, -0.1) is 0 Å². The fraction of sp³-hybridized carbons (Fsp3) is 0.316. The number of benzene rings is 1. The molecule has 0 bridgehead atoms. The van der Waals surface area contributed by atoms with Gasteiger partial charge in [0.1, 0.15) is 19.8 Å². The molecule has 4 rings (SSSR count). The van der Waals surface area contributed by atoms with Crippen LogP contribution in [0, 0.1) is 0 Å². The van der Waals surface area contributed by atoms with Crippen molar-refractivity contribution in [1.82, 2.24) is 9.88 Å². The lowest BCUT2D eigenvalue weighted by atomic mass is 10.2. The molecule has 9 nitrogen and oxygen atoms in total. The van der Waals surface area contributed by atoms with Crippen LogP contribution in [-0.4, -0.2) is 61.8 Å². The van der Waals surface area contributed by atoms with E-state index in [2.05, 4.69) is 10.3 Å². The third-order valence-corrected chi connectivity index (χ3v) is 4.50. The van der Waals surface area contributed by atoms with Crippen LogP contribution in [0.4, 0.5) is 16.2 Å². The summed E-state index contributed by atoms with van der Waals surface area (Å²) in [5, 5.41) is 2.73. The van der Waals surface area contributed by atoms with E-state index in [0.29, 0.717) is 49.4 Å². The molecule has 3 heterocycles. The second-order valence-electron chi connectivity index (χ2n) is 6.32. The molecule has 0 atom stereocenters. The van der Waals surface area contributed by atoms with Crippen LogP contribution >= 0.6 is 0 Å². The molecule has 0 saturated carbocycles. The molecular formula is C19H20N4O5. The van der Waals surface area contributed by atoms with E-state index in [4.69, 9.17) is 14.2 Å². The fourth-order valence-corrected chi connectivity index (χ4v) is 3.12. The van der Waals surface area contributed by atoms with Crippen molar-refractivity contribution in [3.63, 3.8) is 0 Å². The lowest BCUT2D eigenvalue weighted by Gasteiger charge is -2.22. The molecular weight excluding hydrogens is 364 g/mol. The van der Waals surface area contributed by atoms with E-state index < -0.39 is 0 Å². The van der Waals surface area contributed by atoms with E-state index in [1.165, 1.54) is 18.2 Å². The highest BCUT2D eigenvalue weighted by atomic mass is 16.6. The van der Waals surface area contributed by atoms with E-state index >= 15 is 0 Å². The maximum absolute atomic E-state index is 12.7. The number of nitrogens with one attached hydrogen (secondary N) is 1. The van der Waals surface area contributed by atoms with Gasteiger partial charge in [-0.3, -0.25) is 9.69 Å². The van der Waals surface area contributed by atoms with Gasteiger partial charge in [-0.1, -0.05) is 0 Å². The Bertz CT molecular complexity index is 886. The van der Waals surface area contributed by atoms with Crippen molar-refractivity contribution in [2.45, 2.75) is 0 Å². The Morgan fingerprint density at radius 2 is 2.00 bits per heavy atom. The SMILES string of the molecule is COc1ccc(NC(=O)CN2CCN(c3ccc4c(c3)OCCO4)C2=O)cn1. The zero-order valence-electron chi connectivity index (χ0n) is 15.4. The molecule has 146 valence electrons. The first-order valence-electron chi connectivity index (χ1n) is 8.90.